The van der Waals surface area contributed by atoms with E-state index in [4.69, 9.17) is 4.74 Å². The van der Waals surface area contributed by atoms with E-state index >= 15 is 0 Å². The van der Waals surface area contributed by atoms with Gasteiger partial charge in [-0.05, 0) is 78.3 Å². The highest BCUT2D eigenvalue weighted by Crippen LogP contribution is 2.30. The predicted molar refractivity (Wildman–Crippen MR) is 162 cm³/mol. The summed E-state index contributed by atoms with van der Waals surface area (Å²) in [4.78, 5) is 32.8. The molecule has 7 nitrogen and oxygen atoms in total. The fraction of sp³-hybridized carbons (Fsp3) is 0.265. The molecule has 1 aromatic heterocycles. The van der Waals surface area contributed by atoms with Crippen LogP contribution >= 0.6 is 0 Å². The lowest BCUT2D eigenvalue weighted by molar-refractivity contribution is -0.115. The highest BCUT2D eigenvalue weighted by atomic mass is 16.5. The van der Waals surface area contributed by atoms with Crippen LogP contribution in [0, 0.1) is 5.92 Å². The Labute approximate surface area is 241 Å². The Kier molecular flexibility index (Phi) is 9.26. The summed E-state index contributed by atoms with van der Waals surface area (Å²) < 4.78 is 5.20. The van der Waals surface area contributed by atoms with Crippen LogP contribution in [0.2, 0.25) is 0 Å². The zero-order chi connectivity index (χ0) is 28.4. The number of piperidine rings is 1. The van der Waals surface area contributed by atoms with Crippen molar-refractivity contribution in [3.05, 3.63) is 120 Å². The molecule has 210 valence electrons. The molecule has 0 bridgehead atoms. The standard InChI is InChI=1S/C34H36N4O3/c1-41-30-12-9-26(10-13-30)21-33(39)37-29-11-14-32(31(22-29)34(40)36-24-28-8-5-17-35-23-28)38-18-15-27(16-19-38)20-25-6-3-2-4-7-25/h2-14,17,22-23,27H,15-16,18-21,24H2,1H3,(H,36,40)(H,37,39). The molecular weight excluding hydrogens is 512 g/mol. The molecule has 1 fully saturated rings. The molecule has 2 heterocycles. The first kappa shape index (κ1) is 27.9. The summed E-state index contributed by atoms with van der Waals surface area (Å²) in [7, 11) is 1.61. The quantitative estimate of drug-likeness (QED) is 0.267. The van der Waals surface area contributed by atoms with Crippen molar-refractivity contribution in [3.8, 4) is 5.75 Å². The Morgan fingerprint density at radius 3 is 2.37 bits per heavy atom. The average Bonchev–Trinajstić information content (AvgIpc) is 3.01. The van der Waals surface area contributed by atoms with Crippen LogP contribution in [0.25, 0.3) is 0 Å². The number of aromatic nitrogens is 1. The summed E-state index contributed by atoms with van der Waals surface area (Å²) in [6, 6.07) is 27.5. The summed E-state index contributed by atoms with van der Waals surface area (Å²) >= 11 is 0. The Bertz CT molecular complexity index is 1430. The van der Waals surface area contributed by atoms with Crippen LogP contribution in [0.15, 0.2) is 97.3 Å². The molecule has 0 unspecified atom stereocenters. The molecule has 1 aliphatic heterocycles. The molecule has 3 aromatic carbocycles. The van der Waals surface area contributed by atoms with E-state index < -0.39 is 0 Å². The number of anilines is 2. The van der Waals surface area contributed by atoms with E-state index in [0.717, 1.165) is 54.9 Å². The minimum absolute atomic E-state index is 0.147. The second-order valence-corrected chi connectivity index (χ2v) is 10.5. The number of nitrogens with one attached hydrogen (secondary N) is 2. The third-order valence-corrected chi connectivity index (χ3v) is 7.55. The number of pyridine rings is 1. The summed E-state index contributed by atoms with van der Waals surface area (Å²) in [5.41, 5.74) is 5.22. The predicted octanol–water partition coefficient (Wildman–Crippen LogP) is 5.66. The smallest absolute Gasteiger partial charge is 0.253 e. The van der Waals surface area contributed by atoms with E-state index in [1.165, 1.54) is 5.56 Å². The highest BCUT2D eigenvalue weighted by molar-refractivity contribution is 6.02. The second-order valence-electron chi connectivity index (χ2n) is 10.5. The van der Waals surface area contributed by atoms with Crippen molar-refractivity contribution >= 4 is 23.2 Å². The van der Waals surface area contributed by atoms with E-state index in [9.17, 15) is 9.59 Å². The van der Waals surface area contributed by atoms with Gasteiger partial charge in [-0.15, -0.1) is 0 Å². The van der Waals surface area contributed by atoms with Crippen LogP contribution in [-0.4, -0.2) is 37.0 Å². The molecule has 4 aromatic rings. The van der Waals surface area contributed by atoms with Gasteiger partial charge in [-0.1, -0.05) is 48.5 Å². The fourth-order valence-electron chi connectivity index (χ4n) is 5.31. The number of carbonyl (C=O) groups is 2. The van der Waals surface area contributed by atoms with Crippen molar-refractivity contribution in [2.24, 2.45) is 5.92 Å². The highest BCUT2D eigenvalue weighted by Gasteiger charge is 2.24. The SMILES string of the molecule is COc1ccc(CC(=O)Nc2ccc(N3CCC(Cc4ccccc4)CC3)c(C(=O)NCc3cccnc3)c2)cc1. The third kappa shape index (κ3) is 7.72. The molecular formula is C34H36N4O3. The lowest BCUT2D eigenvalue weighted by atomic mass is 9.89. The first-order chi connectivity index (χ1) is 20.1. The van der Waals surface area contributed by atoms with Crippen molar-refractivity contribution in [2.75, 3.05) is 30.4 Å². The van der Waals surface area contributed by atoms with Crippen LogP contribution in [0.5, 0.6) is 5.75 Å². The van der Waals surface area contributed by atoms with Gasteiger partial charge in [0.25, 0.3) is 5.91 Å². The van der Waals surface area contributed by atoms with Gasteiger partial charge in [0.1, 0.15) is 5.75 Å². The molecule has 7 heteroatoms. The van der Waals surface area contributed by atoms with Gasteiger partial charge in [-0.25, -0.2) is 0 Å². The minimum Gasteiger partial charge on any atom is -0.497 e. The van der Waals surface area contributed by atoms with Crippen LogP contribution < -0.4 is 20.3 Å². The van der Waals surface area contributed by atoms with Crippen molar-refractivity contribution in [1.82, 2.24) is 10.3 Å². The number of hydrogen-bond donors (Lipinski definition) is 2. The van der Waals surface area contributed by atoms with Gasteiger partial charge in [0.15, 0.2) is 0 Å². The molecule has 0 spiro atoms. The van der Waals surface area contributed by atoms with Gasteiger partial charge in [0.05, 0.1) is 19.1 Å². The minimum atomic E-state index is -0.179. The molecule has 1 saturated heterocycles. The average molecular weight is 549 g/mol. The maximum absolute atomic E-state index is 13.5. The largest absolute Gasteiger partial charge is 0.497 e. The molecule has 5 rings (SSSR count). The summed E-state index contributed by atoms with van der Waals surface area (Å²) in [5.74, 6) is 1.04. The van der Waals surface area contributed by atoms with Crippen LogP contribution in [-0.2, 0) is 24.2 Å². The number of amides is 2. The molecule has 2 amide bonds. The zero-order valence-electron chi connectivity index (χ0n) is 23.4. The number of carbonyl (C=O) groups excluding carboxylic acids is 2. The Balaban J connectivity index is 1.29. The second kappa shape index (κ2) is 13.6. The number of hydrogen-bond acceptors (Lipinski definition) is 5. The van der Waals surface area contributed by atoms with Gasteiger partial charge in [-0.2, -0.15) is 0 Å². The Morgan fingerprint density at radius 1 is 0.902 bits per heavy atom. The van der Waals surface area contributed by atoms with Crippen molar-refractivity contribution in [1.29, 1.82) is 0 Å². The maximum Gasteiger partial charge on any atom is 0.253 e. The number of ether oxygens (including phenoxy) is 1. The van der Waals surface area contributed by atoms with Gasteiger partial charge in [-0.3, -0.25) is 14.6 Å². The monoisotopic (exact) mass is 548 g/mol. The number of nitrogens with zero attached hydrogens (tertiary/aromatic N) is 2. The zero-order valence-corrected chi connectivity index (χ0v) is 23.4. The van der Waals surface area contributed by atoms with E-state index in [1.807, 2.05) is 48.5 Å². The van der Waals surface area contributed by atoms with Crippen LogP contribution in [0.4, 0.5) is 11.4 Å². The van der Waals surface area contributed by atoms with Crippen molar-refractivity contribution < 1.29 is 14.3 Å². The molecule has 2 N–H and O–H groups in total. The lowest BCUT2D eigenvalue weighted by Gasteiger charge is -2.35. The number of methoxy groups -OCH3 is 1. The van der Waals surface area contributed by atoms with E-state index in [0.29, 0.717) is 23.7 Å². The Hall–Kier alpha value is -4.65. The molecule has 41 heavy (non-hydrogen) atoms. The molecule has 0 atom stereocenters. The first-order valence-electron chi connectivity index (χ1n) is 14.1. The number of rotatable bonds is 10. The molecule has 1 aliphatic rings. The van der Waals surface area contributed by atoms with Gasteiger partial charge < -0.3 is 20.3 Å². The molecule has 0 aliphatic carbocycles. The summed E-state index contributed by atoms with van der Waals surface area (Å²) in [6.45, 7) is 2.13. The topological polar surface area (TPSA) is 83.6 Å². The summed E-state index contributed by atoms with van der Waals surface area (Å²) in [5, 5.41) is 6.01. The van der Waals surface area contributed by atoms with Crippen molar-refractivity contribution in [2.45, 2.75) is 32.2 Å². The summed E-state index contributed by atoms with van der Waals surface area (Å²) in [6.07, 6.45) is 6.88. The lowest BCUT2D eigenvalue weighted by Crippen LogP contribution is -2.36. The fourth-order valence-corrected chi connectivity index (χ4v) is 5.31. The van der Waals surface area contributed by atoms with E-state index in [1.54, 1.807) is 25.6 Å². The van der Waals surface area contributed by atoms with E-state index in [-0.39, 0.29) is 18.2 Å². The third-order valence-electron chi connectivity index (χ3n) is 7.55. The normalized spacial score (nSPS) is 13.4. The Morgan fingerprint density at radius 2 is 1.66 bits per heavy atom. The van der Waals surface area contributed by atoms with Gasteiger partial charge in [0, 0.05) is 43.4 Å². The van der Waals surface area contributed by atoms with Crippen LogP contribution in [0.1, 0.15) is 39.9 Å². The molecule has 0 radical (unpaired) electrons. The van der Waals surface area contributed by atoms with E-state index in [2.05, 4.69) is 50.8 Å². The molecule has 0 saturated carbocycles. The van der Waals surface area contributed by atoms with Gasteiger partial charge >= 0.3 is 0 Å². The van der Waals surface area contributed by atoms with Crippen LogP contribution in [0.3, 0.4) is 0 Å². The number of benzene rings is 3. The van der Waals surface area contributed by atoms with Gasteiger partial charge in [0.2, 0.25) is 5.91 Å². The van der Waals surface area contributed by atoms with Crippen molar-refractivity contribution in [3.63, 3.8) is 0 Å². The first-order valence-corrected chi connectivity index (χ1v) is 14.1. The maximum atomic E-state index is 13.5.